The molecule has 5 nitrogen and oxygen atoms in total. The van der Waals surface area contributed by atoms with Crippen LogP contribution in [-0.2, 0) is 14.6 Å². The number of hydrogen-bond donors (Lipinski definition) is 1. The number of rotatable bonds is 7. The van der Waals surface area contributed by atoms with E-state index in [4.69, 9.17) is 0 Å². The molecule has 0 aliphatic rings. The quantitative estimate of drug-likeness (QED) is 0.837. The number of sulfone groups is 1. The van der Waals surface area contributed by atoms with Gasteiger partial charge in [-0.2, -0.15) is 0 Å². The minimum atomic E-state index is -3.25. The molecule has 0 saturated carbocycles. The van der Waals surface area contributed by atoms with Gasteiger partial charge in [0.05, 0.1) is 10.6 Å². The van der Waals surface area contributed by atoms with Gasteiger partial charge in [-0.25, -0.2) is 13.2 Å². The second kappa shape index (κ2) is 6.47. The summed E-state index contributed by atoms with van der Waals surface area (Å²) in [5, 5.41) is 9.32. The van der Waals surface area contributed by atoms with Crippen LogP contribution in [0.1, 0.15) is 34.1 Å². The van der Waals surface area contributed by atoms with Crippen LogP contribution in [0.25, 0.3) is 0 Å². The van der Waals surface area contributed by atoms with Crippen LogP contribution >= 0.6 is 0 Å². The minimum absolute atomic E-state index is 0.116. The van der Waals surface area contributed by atoms with Crippen molar-refractivity contribution in [2.45, 2.75) is 44.6 Å². The summed E-state index contributed by atoms with van der Waals surface area (Å²) in [6.45, 7) is 7.45. The van der Waals surface area contributed by atoms with E-state index < -0.39 is 21.3 Å². The molecule has 0 aliphatic heterocycles. The highest BCUT2D eigenvalue weighted by atomic mass is 32.2. The van der Waals surface area contributed by atoms with Crippen molar-refractivity contribution >= 4 is 21.5 Å². The number of aliphatic carboxylic acids is 1. The van der Waals surface area contributed by atoms with Gasteiger partial charge in [0.1, 0.15) is 5.54 Å². The summed E-state index contributed by atoms with van der Waals surface area (Å²) >= 11 is 0. The molecule has 0 bridgehead atoms. The van der Waals surface area contributed by atoms with Crippen molar-refractivity contribution in [2.75, 3.05) is 17.2 Å². The Kier molecular flexibility index (Phi) is 5.39. The van der Waals surface area contributed by atoms with Gasteiger partial charge in [-0.15, -0.1) is 0 Å². The Hall–Kier alpha value is -1.56. The van der Waals surface area contributed by atoms with Crippen LogP contribution in [0.2, 0.25) is 0 Å². The van der Waals surface area contributed by atoms with Crippen molar-refractivity contribution in [2.24, 2.45) is 0 Å². The monoisotopic (exact) mass is 313 g/mol. The molecule has 1 N–H and O–H groups in total. The number of carbonyl (C=O) groups is 1. The molecule has 0 aliphatic carbocycles. The fraction of sp³-hybridized carbons (Fsp3) is 0.533. The fourth-order valence-corrected chi connectivity index (χ4v) is 3.56. The van der Waals surface area contributed by atoms with Gasteiger partial charge in [0, 0.05) is 12.2 Å². The molecule has 0 atom stereocenters. The van der Waals surface area contributed by atoms with E-state index in [9.17, 15) is 18.3 Å². The largest absolute Gasteiger partial charge is 0.480 e. The maximum atomic E-state index is 12.0. The Bertz CT molecular complexity index is 591. The van der Waals surface area contributed by atoms with Crippen molar-refractivity contribution in [1.29, 1.82) is 0 Å². The predicted molar refractivity (Wildman–Crippen MR) is 83.5 cm³/mol. The normalized spacial score (nSPS) is 12.2. The van der Waals surface area contributed by atoms with E-state index in [0.29, 0.717) is 18.7 Å². The topological polar surface area (TPSA) is 74.7 Å². The Balaban J connectivity index is 3.14. The lowest BCUT2D eigenvalue weighted by molar-refractivity contribution is -0.142. The maximum absolute atomic E-state index is 12.0. The maximum Gasteiger partial charge on any atom is 0.328 e. The van der Waals surface area contributed by atoms with Crippen molar-refractivity contribution in [3.63, 3.8) is 0 Å². The number of anilines is 1. The number of likely N-dealkylation sites (N-methyl/N-ethyl adjacent to an activating group) is 1. The van der Waals surface area contributed by atoms with Gasteiger partial charge in [0.15, 0.2) is 9.84 Å². The van der Waals surface area contributed by atoms with Gasteiger partial charge in [-0.1, -0.05) is 6.92 Å². The highest BCUT2D eigenvalue weighted by Crippen LogP contribution is 2.26. The van der Waals surface area contributed by atoms with E-state index in [1.54, 1.807) is 43.0 Å². The molecule has 0 amide bonds. The second-order valence-corrected chi connectivity index (χ2v) is 7.53. The number of benzene rings is 1. The molecule has 0 aromatic heterocycles. The Morgan fingerprint density at radius 3 is 2.10 bits per heavy atom. The van der Waals surface area contributed by atoms with Crippen LogP contribution < -0.4 is 4.90 Å². The predicted octanol–water partition coefficient (Wildman–Crippen LogP) is 2.56. The molecular formula is C15H23NO4S. The van der Waals surface area contributed by atoms with Crippen LogP contribution in [-0.4, -0.2) is 37.3 Å². The van der Waals surface area contributed by atoms with Crippen molar-refractivity contribution in [3.8, 4) is 0 Å². The Labute approximate surface area is 126 Å². The highest BCUT2D eigenvalue weighted by molar-refractivity contribution is 7.91. The van der Waals surface area contributed by atoms with E-state index in [1.807, 2.05) is 13.8 Å². The van der Waals surface area contributed by atoms with Gasteiger partial charge >= 0.3 is 5.97 Å². The van der Waals surface area contributed by atoms with E-state index in [2.05, 4.69) is 0 Å². The molecule has 0 heterocycles. The molecule has 1 aromatic carbocycles. The van der Waals surface area contributed by atoms with Gasteiger partial charge in [0.25, 0.3) is 0 Å². The standard InChI is InChI=1S/C15H23NO4S/c1-5-11-21(19,20)13-9-7-12(8-10-13)16(6-2)15(3,4)14(17)18/h7-10H,5-6,11H2,1-4H3,(H,17,18). The summed E-state index contributed by atoms with van der Waals surface area (Å²) in [6.07, 6.45) is 0.567. The van der Waals surface area contributed by atoms with Gasteiger partial charge in [-0.05, 0) is 51.5 Å². The first-order valence-electron chi connectivity index (χ1n) is 7.00. The third kappa shape index (κ3) is 3.75. The fourth-order valence-electron chi connectivity index (χ4n) is 2.24. The summed E-state index contributed by atoms with van der Waals surface area (Å²) < 4.78 is 24.0. The number of carboxylic acids is 1. The third-order valence-electron chi connectivity index (χ3n) is 3.49. The highest BCUT2D eigenvalue weighted by Gasteiger charge is 2.33. The van der Waals surface area contributed by atoms with Crippen LogP contribution in [0, 0.1) is 0 Å². The third-order valence-corrected chi connectivity index (χ3v) is 5.43. The first-order chi connectivity index (χ1) is 9.66. The molecule has 0 fully saturated rings. The summed E-state index contributed by atoms with van der Waals surface area (Å²) in [5.41, 5.74) is -0.362. The van der Waals surface area contributed by atoms with Gasteiger partial charge in [-0.3, -0.25) is 0 Å². The van der Waals surface area contributed by atoms with E-state index in [0.717, 1.165) is 0 Å². The molecule has 0 unspecified atom stereocenters. The molecular weight excluding hydrogens is 290 g/mol. The molecule has 0 spiro atoms. The molecule has 1 rings (SSSR count). The zero-order valence-corrected chi connectivity index (χ0v) is 13.8. The molecule has 21 heavy (non-hydrogen) atoms. The summed E-state index contributed by atoms with van der Waals surface area (Å²) in [4.78, 5) is 13.4. The number of carboxylic acid groups (broad SMARTS) is 1. The Morgan fingerprint density at radius 1 is 1.19 bits per heavy atom. The van der Waals surface area contributed by atoms with Crippen LogP contribution in [0.4, 0.5) is 5.69 Å². The molecule has 6 heteroatoms. The van der Waals surface area contributed by atoms with Gasteiger partial charge in [0.2, 0.25) is 0 Å². The van der Waals surface area contributed by atoms with Crippen LogP contribution in [0.5, 0.6) is 0 Å². The molecule has 0 radical (unpaired) electrons. The first kappa shape index (κ1) is 17.5. The summed E-state index contributed by atoms with van der Waals surface area (Å²) in [5.74, 6) is -0.809. The van der Waals surface area contributed by atoms with Crippen LogP contribution in [0.3, 0.4) is 0 Å². The molecule has 1 aromatic rings. The van der Waals surface area contributed by atoms with E-state index >= 15 is 0 Å². The summed E-state index contributed by atoms with van der Waals surface area (Å²) in [7, 11) is -3.25. The number of nitrogens with zero attached hydrogens (tertiary/aromatic N) is 1. The second-order valence-electron chi connectivity index (χ2n) is 5.42. The Morgan fingerprint density at radius 2 is 1.71 bits per heavy atom. The first-order valence-corrected chi connectivity index (χ1v) is 8.66. The van der Waals surface area contributed by atoms with Crippen LogP contribution in [0.15, 0.2) is 29.2 Å². The van der Waals surface area contributed by atoms with Gasteiger partial charge < -0.3 is 10.0 Å². The molecule has 118 valence electrons. The number of hydrogen-bond acceptors (Lipinski definition) is 4. The zero-order chi connectivity index (χ0) is 16.3. The smallest absolute Gasteiger partial charge is 0.328 e. The lowest BCUT2D eigenvalue weighted by Gasteiger charge is -2.36. The zero-order valence-electron chi connectivity index (χ0n) is 13.0. The average molecular weight is 313 g/mol. The van der Waals surface area contributed by atoms with Crippen molar-refractivity contribution < 1.29 is 18.3 Å². The van der Waals surface area contributed by atoms with E-state index in [1.165, 1.54) is 0 Å². The average Bonchev–Trinajstić information content (AvgIpc) is 2.39. The molecule has 0 saturated heterocycles. The lowest BCUT2D eigenvalue weighted by atomic mass is 10.0. The van der Waals surface area contributed by atoms with E-state index in [-0.39, 0.29) is 10.6 Å². The summed E-state index contributed by atoms with van der Waals surface area (Å²) in [6, 6.07) is 6.41. The van der Waals surface area contributed by atoms with Crippen molar-refractivity contribution in [3.05, 3.63) is 24.3 Å². The van der Waals surface area contributed by atoms with Crippen molar-refractivity contribution in [1.82, 2.24) is 0 Å². The lowest BCUT2D eigenvalue weighted by Crippen LogP contribution is -2.50. The SMILES string of the molecule is CCCS(=O)(=O)c1ccc(N(CC)C(C)(C)C(=O)O)cc1. The minimum Gasteiger partial charge on any atom is -0.480 e.